The van der Waals surface area contributed by atoms with Crippen molar-refractivity contribution in [3.63, 3.8) is 0 Å². The van der Waals surface area contributed by atoms with E-state index in [9.17, 15) is 4.21 Å². The van der Waals surface area contributed by atoms with Crippen molar-refractivity contribution in [3.8, 4) is 0 Å². The minimum atomic E-state index is -0.907. The summed E-state index contributed by atoms with van der Waals surface area (Å²) in [5.74, 6) is 1.86. The highest BCUT2D eigenvalue weighted by Gasteiger charge is 2.06. The first-order valence-corrected chi connectivity index (χ1v) is 11.1. The molecular weight excluding hydrogens is 509 g/mol. The quantitative estimate of drug-likeness (QED) is 0.250. The molecule has 0 bridgehead atoms. The van der Waals surface area contributed by atoms with Crippen LogP contribution in [-0.2, 0) is 29.6 Å². The predicted octanol–water partition coefficient (Wildman–Crippen LogP) is 3.16. The van der Waals surface area contributed by atoms with Crippen LogP contribution in [0, 0.1) is 0 Å². The molecule has 0 aliphatic carbocycles. The van der Waals surface area contributed by atoms with Gasteiger partial charge in [-0.05, 0) is 22.8 Å². The minimum Gasteiger partial charge on any atom is -0.355 e. The molecule has 2 aromatic carbocycles. The Kier molecular flexibility index (Phi) is 10.6. The lowest BCUT2D eigenvalue weighted by molar-refractivity contribution is 0.677. The molecule has 3 aromatic rings. The number of guanidine groups is 1. The van der Waals surface area contributed by atoms with Crippen LogP contribution >= 0.6 is 24.0 Å². The summed E-state index contributed by atoms with van der Waals surface area (Å²) in [5, 5.41) is 10.9. The summed E-state index contributed by atoms with van der Waals surface area (Å²) in [6.07, 6.45) is 3.74. The van der Waals surface area contributed by atoms with E-state index < -0.39 is 10.8 Å². The van der Waals surface area contributed by atoms with E-state index in [1.54, 1.807) is 13.2 Å². The highest BCUT2D eigenvalue weighted by molar-refractivity contribution is 14.0. The van der Waals surface area contributed by atoms with Gasteiger partial charge in [-0.25, -0.2) is 0 Å². The molecule has 30 heavy (non-hydrogen) atoms. The molecule has 0 radical (unpaired) electrons. The van der Waals surface area contributed by atoms with Gasteiger partial charge in [0.25, 0.3) is 0 Å². The fourth-order valence-corrected chi connectivity index (χ4v) is 4.01. The van der Waals surface area contributed by atoms with Gasteiger partial charge in [0.15, 0.2) is 5.96 Å². The molecule has 6 nitrogen and oxygen atoms in total. The first-order valence-electron chi connectivity index (χ1n) is 9.62. The van der Waals surface area contributed by atoms with Crippen molar-refractivity contribution in [1.82, 2.24) is 20.4 Å². The van der Waals surface area contributed by atoms with Gasteiger partial charge in [-0.15, -0.1) is 24.0 Å². The van der Waals surface area contributed by atoms with Crippen molar-refractivity contribution in [3.05, 3.63) is 89.7 Å². The molecule has 0 saturated carbocycles. The summed E-state index contributed by atoms with van der Waals surface area (Å²) in [6, 6.07) is 20.1. The molecular formula is C22H28IN5OS. The maximum absolute atomic E-state index is 12.3. The SMILES string of the molecule is CN=C(NCCS(=O)Cc1ccccc1)NCc1ccccc1Cn1cccn1.I. The van der Waals surface area contributed by atoms with Crippen molar-refractivity contribution >= 4 is 40.7 Å². The molecule has 8 heteroatoms. The zero-order valence-electron chi connectivity index (χ0n) is 17.0. The molecule has 0 spiro atoms. The normalized spacial score (nSPS) is 12.1. The molecule has 0 aliphatic rings. The Bertz CT molecular complexity index is 932. The smallest absolute Gasteiger partial charge is 0.191 e. The maximum Gasteiger partial charge on any atom is 0.191 e. The average Bonchev–Trinajstić information content (AvgIpc) is 3.25. The van der Waals surface area contributed by atoms with Crippen molar-refractivity contribution in [2.24, 2.45) is 4.99 Å². The van der Waals surface area contributed by atoms with Crippen LogP contribution in [0.15, 0.2) is 78.0 Å². The van der Waals surface area contributed by atoms with Gasteiger partial charge in [-0.1, -0.05) is 54.6 Å². The Balaban J connectivity index is 0.00000320. The highest BCUT2D eigenvalue weighted by Crippen LogP contribution is 2.10. The van der Waals surface area contributed by atoms with E-state index in [0.29, 0.717) is 30.6 Å². The lowest BCUT2D eigenvalue weighted by Crippen LogP contribution is -2.39. The highest BCUT2D eigenvalue weighted by atomic mass is 127. The van der Waals surface area contributed by atoms with E-state index in [1.807, 2.05) is 59.4 Å². The second-order valence-electron chi connectivity index (χ2n) is 6.60. The number of halogens is 1. The van der Waals surface area contributed by atoms with Gasteiger partial charge in [-0.2, -0.15) is 5.10 Å². The molecule has 1 heterocycles. The summed E-state index contributed by atoms with van der Waals surface area (Å²) < 4.78 is 14.2. The first-order chi connectivity index (χ1) is 14.2. The van der Waals surface area contributed by atoms with E-state index in [0.717, 1.165) is 12.1 Å². The molecule has 2 N–H and O–H groups in total. The van der Waals surface area contributed by atoms with Crippen LogP contribution in [0.3, 0.4) is 0 Å². The number of hydrogen-bond acceptors (Lipinski definition) is 3. The van der Waals surface area contributed by atoms with E-state index in [1.165, 1.54) is 11.1 Å². The van der Waals surface area contributed by atoms with Gasteiger partial charge in [-0.3, -0.25) is 13.9 Å². The van der Waals surface area contributed by atoms with E-state index in [4.69, 9.17) is 0 Å². The summed E-state index contributed by atoms with van der Waals surface area (Å²) in [4.78, 5) is 4.27. The van der Waals surface area contributed by atoms with E-state index >= 15 is 0 Å². The van der Waals surface area contributed by atoms with E-state index in [-0.39, 0.29) is 24.0 Å². The van der Waals surface area contributed by atoms with Gasteiger partial charge in [0, 0.05) is 54.8 Å². The monoisotopic (exact) mass is 537 g/mol. The van der Waals surface area contributed by atoms with Crippen molar-refractivity contribution in [1.29, 1.82) is 0 Å². The van der Waals surface area contributed by atoms with Crippen LogP contribution in [0.5, 0.6) is 0 Å². The van der Waals surface area contributed by atoms with Crippen LogP contribution in [-0.4, -0.2) is 39.3 Å². The third-order valence-electron chi connectivity index (χ3n) is 4.47. The van der Waals surface area contributed by atoms with Gasteiger partial charge in [0.1, 0.15) is 0 Å². The fraction of sp³-hybridized carbons (Fsp3) is 0.273. The Labute approximate surface area is 197 Å². The molecule has 0 fully saturated rings. The molecule has 1 atom stereocenters. The van der Waals surface area contributed by atoms with Gasteiger partial charge < -0.3 is 10.6 Å². The number of nitrogens with one attached hydrogen (secondary N) is 2. The van der Waals surface area contributed by atoms with Gasteiger partial charge in [0.2, 0.25) is 0 Å². The lowest BCUT2D eigenvalue weighted by Gasteiger charge is -2.14. The van der Waals surface area contributed by atoms with Gasteiger partial charge in [0.05, 0.1) is 6.54 Å². The molecule has 1 unspecified atom stereocenters. The van der Waals surface area contributed by atoms with Crippen LogP contribution in [0.25, 0.3) is 0 Å². The largest absolute Gasteiger partial charge is 0.355 e. The molecule has 1 aromatic heterocycles. The number of aliphatic imine (C=N–C) groups is 1. The molecule has 160 valence electrons. The number of rotatable bonds is 9. The van der Waals surface area contributed by atoms with Crippen LogP contribution in [0.2, 0.25) is 0 Å². The third kappa shape index (κ3) is 7.91. The van der Waals surface area contributed by atoms with E-state index in [2.05, 4.69) is 32.9 Å². The molecule has 0 saturated heterocycles. The number of aromatic nitrogens is 2. The topological polar surface area (TPSA) is 71.3 Å². The number of nitrogens with zero attached hydrogens (tertiary/aromatic N) is 3. The Morgan fingerprint density at radius 3 is 2.47 bits per heavy atom. The number of benzene rings is 2. The van der Waals surface area contributed by atoms with Crippen LogP contribution in [0.1, 0.15) is 16.7 Å². The third-order valence-corrected chi connectivity index (χ3v) is 5.79. The van der Waals surface area contributed by atoms with Crippen LogP contribution < -0.4 is 10.6 Å². The number of hydrogen-bond donors (Lipinski definition) is 2. The Morgan fingerprint density at radius 1 is 1.03 bits per heavy atom. The fourth-order valence-electron chi connectivity index (χ4n) is 2.97. The van der Waals surface area contributed by atoms with Crippen molar-refractivity contribution in [2.75, 3.05) is 19.3 Å². The minimum absolute atomic E-state index is 0. The Hall–Kier alpha value is -2.20. The second-order valence-corrected chi connectivity index (χ2v) is 8.18. The zero-order valence-corrected chi connectivity index (χ0v) is 20.2. The molecule has 3 rings (SSSR count). The second kappa shape index (κ2) is 13.2. The summed E-state index contributed by atoms with van der Waals surface area (Å²) in [5.41, 5.74) is 3.50. The summed E-state index contributed by atoms with van der Waals surface area (Å²) in [7, 11) is 0.835. The summed E-state index contributed by atoms with van der Waals surface area (Å²) >= 11 is 0. The zero-order chi connectivity index (χ0) is 20.3. The van der Waals surface area contributed by atoms with Crippen molar-refractivity contribution in [2.45, 2.75) is 18.8 Å². The predicted molar refractivity (Wildman–Crippen MR) is 135 cm³/mol. The van der Waals surface area contributed by atoms with Crippen molar-refractivity contribution < 1.29 is 4.21 Å². The standard InChI is InChI=1S/C22H27N5OS.HI/c1-23-22(24-13-15-29(28)18-19-8-3-2-4-9-19)25-16-20-10-5-6-11-21(20)17-27-14-7-12-26-27;/h2-12,14H,13,15-18H2,1H3,(H2,23,24,25);1H. The maximum atomic E-state index is 12.3. The first kappa shape index (κ1) is 24.1. The van der Waals surface area contributed by atoms with Crippen LogP contribution in [0.4, 0.5) is 0 Å². The average molecular weight is 537 g/mol. The molecule has 0 aliphatic heterocycles. The molecule has 0 amide bonds. The summed E-state index contributed by atoms with van der Waals surface area (Å²) in [6.45, 7) is 1.99. The Morgan fingerprint density at radius 2 is 1.77 bits per heavy atom. The lowest BCUT2D eigenvalue weighted by atomic mass is 10.1. The van der Waals surface area contributed by atoms with Gasteiger partial charge >= 0.3 is 0 Å².